The predicted octanol–water partition coefficient (Wildman–Crippen LogP) is 12.0. The van der Waals surface area contributed by atoms with Gasteiger partial charge in [-0.2, -0.15) is 0 Å². The molecule has 0 saturated carbocycles. The van der Waals surface area contributed by atoms with Crippen molar-refractivity contribution in [1.29, 1.82) is 0 Å². The van der Waals surface area contributed by atoms with Gasteiger partial charge in [0.25, 0.3) is 0 Å². The summed E-state index contributed by atoms with van der Waals surface area (Å²) in [5.41, 5.74) is 3.43. The lowest BCUT2D eigenvalue weighted by Gasteiger charge is -2.14. The van der Waals surface area contributed by atoms with E-state index in [9.17, 15) is 0 Å². The van der Waals surface area contributed by atoms with Gasteiger partial charge in [0.05, 0.1) is 33.2 Å². The summed E-state index contributed by atoms with van der Waals surface area (Å²) in [7, 11) is 0. The van der Waals surface area contributed by atoms with Gasteiger partial charge in [-0.1, -0.05) is 133 Å². The van der Waals surface area contributed by atoms with E-state index in [1.807, 2.05) is 54.6 Å². The number of benzene rings is 7. The molecule has 0 aliphatic rings. The summed E-state index contributed by atoms with van der Waals surface area (Å²) in [5.74, 6) is 0.774. The van der Waals surface area contributed by atoms with Gasteiger partial charge >= 0.3 is 0 Å². The third kappa shape index (κ3) is 4.63. The third-order valence-corrected chi connectivity index (χ3v) is 9.76. The summed E-state index contributed by atoms with van der Waals surface area (Å²) in [6, 6.07) is 25.0. The minimum Gasteiger partial charge on any atom is -0.309 e. The second-order valence-corrected chi connectivity index (χ2v) is 12.5. The van der Waals surface area contributed by atoms with Crippen LogP contribution in [0.25, 0.3) is 93.0 Å². The zero-order valence-electron chi connectivity index (χ0n) is 37.9. The average molecular weight is 669 g/mol. The largest absolute Gasteiger partial charge is 0.309 e. The number of hydrogen-bond donors (Lipinski definition) is 0. The van der Waals surface area contributed by atoms with Gasteiger partial charge in [-0.15, -0.1) is 11.3 Å². The Morgan fingerprint density at radius 2 is 1.12 bits per heavy atom. The van der Waals surface area contributed by atoms with E-state index in [2.05, 4.69) is 0 Å². The number of hydrogen-bond acceptors (Lipinski definition) is 4. The SMILES string of the molecule is [2H]c1cc([2H])c2sc3c(-c4cccc(-c5nc(-c6ccccc6)nc(-c6ccccc6-n6c7c([2H])cc([2H])c([2H])c7c7c([2H])c([2H])c([2H])c([2H])c76)n5)c4)cc([2H])c([2H])c3c2c1[2H]. The number of para-hydroxylation sites is 3. The molecule has 10 rings (SSSR count). The van der Waals surface area contributed by atoms with Crippen molar-refractivity contribution in [3.8, 4) is 51.0 Å². The van der Waals surface area contributed by atoms with E-state index < -0.39 is 18.1 Å². The maximum Gasteiger partial charge on any atom is 0.166 e. The highest BCUT2D eigenvalue weighted by molar-refractivity contribution is 7.26. The molecule has 0 atom stereocenters. The molecule has 234 valence electrons. The molecule has 5 heteroatoms. The van der Waals surface area contributed by atoms with Gasteiger partial charge in [0.15, 0.2) is 17.5 Å². The molecule has 50 heavy (non-hydrogen) atoms. The van der Waals surface area contributed by atoms with E-state index in [-0.39, 0.29) is 87.8 Å². The first-order valence-electron chi connectivity index (χ1n) is 21.7. The van der Waals surface area contributed by atoms with Crippen LogP contribution in [0.2, 0.25) is 0 Å². The number of thiophene rings is 1. The molecule has 3 aromatic heterocycles. The Bertz CT molecular complexity index is 3570. The van der Waals surface area contributed by atoms with Crippen molar-refractivity contribution >= 4 is 53.3 Å². The summed E-state index contributed by atoms with van der Waals surface area (Å²) in [6.45, 7) is 0. The van der Waals surface area contributed by atoms with Gasteiger partial charge in [-0.25, -0.2) is 15.0 Å². The predicted molar refractivity (Wildman–Crippen MR) is 209 cm³/mol. The molecular weight excluding hydrogens is 629 g/mol. The second kappa shape index (κ2) is 11.6. The van der Waals surface area contributed by atoms with Crippen LogP contribution in [0.15, 0.2) is 170 Å². The van der Waals surface area contributed by atoms with Crippen molar-refractivity contribution in [1.82, 2.24) is 19.5 Å². The Hall–Kier alpha value is -6.43. The van der Waals surface area contributed by atoms with Crippen molar-refractivity contribution in [2.45, 2.75) is 0 Å². The molecule has 0 amide bonds. The molecule has 10 aromatic rings. The van der Waals surface area contributed by atoms with Crippen molar-refractivity contribution < 1.29 is 16.4 Å². The van der Waals surface area contributed by atoms with Crippen LogP contribution in [-0.4, -0.2) is 19.5 Å². The van der Waals surface area contributed by atoms with Gasteiger partial charge in [0, 0.05) is 47.6 Å². The monoisotopic (exact) mass is 668 g/mol. The van der Waals surface area contributed by atoms with E-state index in [4.69, 9.17) is 31.4 Å². The Morgan fingerprint density at radius 1 is 0.460 bits per heavy atom. The van der Waals surface area contributed by atoms with Crippen molar-refractivity contribution in [3.05, 3.63) is 170 Å². The average Bonchev–Trinajstić information content (AvgIpc) is 3.87. The second-order valence-electron chi connectivity index (χ2n) is 11.5. The number of aromatic nitrogens is 4. The summed E-state index contributed by atoms with van der Waals surface area (Å²) in [5, 5.41) is 0.727. The van der Waals surface area contributed by atoms with Gasteiger partial charge in [-0.05, 0) is 47.5 Å². The van der Waals surface area contributed by atoms with Crippen molar-refractivity contribution in [3.63, 3.8) is 0 Å². The van der Waals surface area contributed by atoms with E-state index >= 15 is 0 Å². The molecule has 0 unspecified atom stereocenters. The third-order valence-electron chi connectivity index (χ3n) is 8.60. The standard InChI is InChI=1S/C45H28N4S/c1-2-14-29(15-3-1)43-46-44(31-17-12-16-30(28-31)32-22-13-23-36-35-20-7-11-27-41(35)50-42(32)36)48-45(47-43)37-21-6-10-26-40(37)49-38-24-8-4-18-33(38)34-19-5-9-25-39(34)49/h1-28H/i4D,5D,7D,8D,13D,18D,19D,20D,23D,24D,25D,27D. The van der Waals surface area contributed by atoms with Gasteiger partial charge < -0.3 is 4.57 Å². The molecule has 4 nitrogen and oxygen atoms in total. The maximum absolute atomic E-state index is 9.07. The van der Waals surface area contributed by atoms with Crippen LogP contribution < -0.4 is 0 Å². The Kier molecular flexibility index (Phi) is 4.40. The lowest BCUT2D eigenvalue weighted by molar-refractivity contribution is 1.06. The Morgan fingerprint density at radius 3 is 2.02 bits per heavy atom. The Balaban J connectivity index is 1.23. The Labute approximate surface area is 309 Å². The normalized spacial score (nSPS) is 15.0. The summed E-state index contributed by atoms with van der Waals surface area (Å²) in [4.78, 5) is 14.9. The van der Waals surface area contributed by atoms with Crippen molar-refractivity contribution in [2.75, 3.05) is 0 Å². The van der Waals surface area contributed by atoms with Crippen LogP contribution >= 0.6 is 11.3 Å². The zero-order chi connectivity index (χ0) is 43.5. The zero-order valence-corrected chi connectivity index (χ0v) is 26.8. The van der Waals surface area contributed by atoms with Gasteiger partial charge in [-0.3, -0.25) is 0 Å². The minimum absolute atomic E-state index is 0.0200. The minimum atomic E-state index is -0.500. The number of fused-ring (bicyclic) bond motifs is 6. The summed E-state index contributed by atoms with van der Waals surface area (Å²) >= 11 is 1.24. The van der Waals surface area contributed by atoms with E-state index in [0.29, 0.717) is 59.5 Å². The van der Waals surface area contributed by atoms with E-state index in [1.54, 1.807) is 30.3 Å². The topological polar surface area (TPSA) is 43.6 Å². The molecule has 0 aliphatic heterocycles. The summed E-state index contributed by atoms with van der Waals surface area (Å²) < 4.78 is 107. The van der Waals surface area contributed by atoms with Crippen LogP contribution in [0, 0.1) is 0 Å². The first-order valence-corrected chi connectivity index (χ1v) is 16.5. The van der Waals surface area contributed by atoms with Crippen LogP contribution in [0.5, 0.6) is 0 Å². The lowest BCUT2D eigenvalue weighted by atomic mass is 10.0. The molecule has 3 heterocycles. The highest BCUT2D eigenvalue weighted by atomic mass is 32.1. The number of nitrogens with zero attached hydrogens (tertiary/aromatic N) is 4. The molecule has 0 fully saturated rings. The van der Waals surface area contributed by atoms with E-state index in [0.717, 1.165) is 0 Å². The van der Waals surface area contributed by atoms with Crippen molar-refractivity contribution in [2.24, 2.45) is 0 Å². The fraction of sp³-hybridized carbons (Fsp3) is 0. The van der Waals surface area contributed by atoms with Crippen LogP contribution in [-0.2, 0) is 0 Å². The van der Waals surface area contributed by atoms with E-state index in [1.165, 1.54) is 28.0 Å². The fourth-order valence-corrected chi connectivity index (χ4v) is 7.48. The quantitative estimate of drug-likeness (QED) is 0.183. The van der Waals surface area contributed by atoms with Gasteiger partial charge in [0.1, 0.15) is 0 Å². The first-order chi connectivity index (χ1) is 29.7. The van der Waals surface area contributed by atoms with Gasteiger partial charge in [0.2, 0.25) is 0 Å². The molecule has 0 bridgehead atoms. The molecule has 0 N–H and O–H groups in total. The van der Waals surface area contributed by atoms with Crippen LogP contribution in [0.1, 0.15) is 16.4 Å². The molecule has 0 saturated heterocycles. The molecular formula is C45H28N4S. The van der Waals surface area contributed by atoms with Crippen LogP contribution in [0.4, 0.5) is 0 Å². The number of rotatable bonds is 5. The lowest BCUT2D eigenvalue weighted by Crippen LogP contribution is -2.03. The first kappa shape index (κ1) is 18.9. The smallest absolute Gasteiger partial charge is 0.166 e. The maximum atomic E-state index is 9.07. The summed E-state index contributed by atoms with van der Waals surface area (Å²) in [6.07, 6.45) is 0. The molecule has 0 aliphatic carbocycles. The van der Waals surface area contributed by atoms with Crippen LogP contribution in [0.3, 0.4) is 0 Å². The fourth-order valence-electron chi connectivity index (χ4n) is 6.37. The highest BCUT2D eigenvalue weighted by Crippen LogP contribution is 2.41. The molecule has 0 spiro atoms. The molecule has 7 aromatic carbocycles. The molecule has 0 radical (unpaired) electrons. The highest BCUT2D eigenvalue weighted by Gasteiger charge is 2.19.